The van der Waals surface area contributed by atoms with Gasteiger partial charge in [0.2, 0.25) is 5.89 Å². The molecule has 0 unspecified atom stereocenters. The molecular formula is C16H21N3O2. The van der Waals surface area contributed by atoms with Crippen LogP contribution in [0.1, 0.15) is 28.8 Å². The van der Waals surface area contributed by atoms with Crippen molar-refractivity contribution in [2.45, 2.75) is 26.3 Å². The van der Waals surface area contributed by atoms with Crippen LogP contribution in [-0.2, 0) is 6.54 Å². The third-order valence-corrected chi connectivity index (χ3v) is 4.14. The van der Waals surface area contributed by atoms with Crippen molar-refractivity contribution in [3.8, 4) is 0 Å². The molecule has 1 aromatic heterocycles. The van der Waals surface area contributed by atoms with Gasteiger partial charge in [0.15, 0.2) is 5.82 Å². The maximum atomic E-state index is 9.61. The topological polar surface area (TPSA) is 62.4 Å². The molecule has 2 heterocycles. The number of rotatable bonds is 4. The van der Waals surface area contributed by atoms with Crippen molar-refractivity contribution in [1.29, 1.82) is 0 Å². The second-order valence-electron chi connectivity index (χ2n) is 5.91. The zero-order chi connectivity index (χ0) is 14.8. The maximum Gasteiger partial charge on any atom is 0.231 e. The molecule has 0 aliphatic carbocycles. The van der Waals surface area contributed by atoms with Crippen molar-refractivity contribution in [1.82, 2.24) is 15.0 Å². The lowest BCUT2D eigenvalue weighted by Gasteiger charge is -2.15. The van der Waals surface area contributed by atoms with E-state index in [1.165, 1.54) is 11.1 Å². The Bertz CT molecular complexity index is 594. The molecule has 2 aromatic rings. The molecule has 2 atom stereocenters. The number of hydrogen-bond acceptors (Lipinski definition) is 5. The first-order valence-electron chi connectivity index (χ1n) is 7.34. The summed E-state index contributed by atoms with van der Waals surface area (Å²) in [5, 5.41) is 13.5. The van der Waals surface area contributed by atoms with E-state index in [4.69, 9.17) is 4.52 Å². The molecule has 0 saturated carbocycles. The number of aliphatic hydroxyl groups excluding tert-OH is 1. The number of aliphatic hydroxyl groups is 1. The minimum Gasteiger partial charge on any atom is -0.396 e. The quantitative estimate of drug-likeness (QED) is 0.930. The van der Waals surface area contributed by atoms with Gasteiger partial charge in [0.05, 0.1) is 5.92 Å². The molecule has 1 N–H and O–H groups in total. The zero-order valence-corrected chi connectivity index (χ0v) is 12.5. The lowest BCUT2D eigenvalue weighted by atomic mass is 9.97. The second-order valence-corrected chi connectivity index (χ2v) is 5.91. The van der Waals surface area contributed by atoms with Crippen molar-refractivity contribution >= 4 is 0 Å². The van der Waals surface area contributed by atoms with Crippen LogP contribution in [0.2, 0.25) is 0 Å². The van der Waals surface area contributed by atoms with Crippen LogP contribution in [0.3, 0.4) is 0 Å². The molecule has 0 amide bonds. The highest BCUT2D eigenvalue weighted by Crippen LogP contribution is 2.32. The monoisotopic (exact) mass is 287 g/mol. The van der Waals surface area contributed by atoms with Crippen molar-refractivity contribution in [3.05, 3.63) is 47.1 Å². The Kier molecular flexibility index (Phi) is 4.03. The van der Waals surface area contributed by atoms with Gasteiger partial charge in [0.1, 0.15) is 0 Å². The lowest BCUT2D eigenvalue weighted by molar-refractivity contribution is 0.205. The summed E-state index contributed by atoms with van der Waals surface area (Å²) in [6.07, 6.45) is 0. The molecule has 5 heteroatoms. The average molecular weight is 287 g/mol. The highest BCUT2D eigenvalue weighted by atomic mass is 16.5. The summed E-state index contributed by atoms with van der Waals surface area (Å²) in [6.45, 7) is 6.66. The third kappa shape index (κ3) is 3.14. The second kappa shape index (κ2) is 5.95. The maximum absolute atomic E-state index is 9.61. The van der Waals surface area contributed by atoms with Crippen LogP contribution in [0, 0.1) is 19.8 Å². The van der Waals surface area contributed by atoms with Gasteiger partial charge in [-0.1, -0.05) is 35.0 Å². The van der Waals surface area contributed by atoms with E-state index in [0.29, 0.717) is 11.7 Å². The number of benzene rings is 1. The summed E-state index contributed by atoms with van der Waals surface area (Å²) >= 11 is 0. The van der Waals surface area contributed by atoms with Crippen LogP contribution in [0.25, 0.3) is 0 Å². The molecule has 112 valence electrons. The van der Waals surface area contributed by atoms with Gasteiger partial charge in [-0.3, -0.25) is 4.90 Å². The Morgan fingerprint density at radius 1 is 1.24 bits per heavy atom. The van der Waals surface area contributed by atoms with E-state index in [9.17, 15) is 5.11 Å². The van der Waals surface area contributed by atoms with Gasteiger partial charge in [-0.15, -0.1) is 0 Å². The van der Waals surface area contributed by atoms with E-state index in [-0.39, 0.29) is 18.4 Å². The van der Waals surface area contributed by atoms with Gasteiger partial charge in [0, 0.05) is 32.2 Å². The summed E-state index contributed by atoms with van der Waals surface area (Å²) < 4.78 is 5.30. The Morgan fingerprint density at radius 3 is 2.62 bits per heavy atom. The minimum absolute atomic E-state index is 0.127. The van der Waals surface area contributed by atoms with E-state index in [1.807, 2.05) is 6.92 Å². The number of hydrogen-bond donors (Lipinski definition) is 1. The molecule has 1 fully saturated rings. The molecule has 1 saturated heterocycles. The molecule has 0 bridgehead atoms. The molecule has 3 rings (SSSR count). The van der Waals surface area contributed by atoms with Gasteiger partial charge < -0.3 is 9.63 Å². The fourth-order valence-electron chi connectivity index (χ4n) is 2.97. The molecule has 21 heavy (non-hydrogen) atoms. The van der Waals surface area contributed by atoms with Crippen LogP contribution >= 0.6 is 0 Å². The predicted molar refractivity (Wildman–Crippen MR) is 78.8 cm³/mol. The van der Waals surface area contributed by atoms with Gasteiger partial charge in [-0.25, -0.2) is 0 Å². The van der Waals surface area contributed by atoms with Crippen LogP contribution in [-0.4, -0.2) is 39.8 Å². The first-order valence-corrected chi connectivity index (χ1v) is 7.34. The summed E-state index contributed by atoms with van der Waals surface area (Å²) in [4.78, 5) is 6.67. The largest absolute Gasteiger partial charge is 0.396 e. The molecular weight excluding hydrogens is 266 g/mol. The fraction of sp³-hybridized carbons (Fsp3) is 0.500. The SMILES string of the molecule is Cc1ccc(CN2C[C@@H](CO)[C@H](c3nc(C)no3)C2)cc1. The van der Waals surface area contributed by atoms with Gasteiger partial charge in [-0.2, -0.15) is 4.98 Å². The van der Waals surface area contributed by atoms with E-state index >= 15 is 0 Å². The van der Waals surface area contributed by atoms with Gasteiger partial charge in [0.25, 0.3) is 0 Å². The Morgan fingerprint density at radius 2 is 2.00 bits per heavy atom. The minimum atomic E-state index is 0.127. The first-order chi connectivity index (χ1) is 10.2. The van der Waals surface area contributed by atoms with E-state index in [0.717, 1.165) is 19.6 Å². The fourth-order valence-corrected chi connectivity index (χ4v) is 2.97. The third-order valence-electron chi connectivity index (χ3n) is 4.14. The highest BCUT2D eigenvalue weighted by molar-refractivity contribution is 5.21. The molecule has 0 spiro atoms. The standard InChI is InChI=1S/C16H21N3O2/c1-11-3-5-13(6-4-11)7-19-8-14(10-20)15(9-19)16-17-12(2)18-21-16/h3-6,14-15,20H,7-10H2,1-2H3/t14-,15+/m0/s1. The Hall–Kier alpha value is -1.72. The zero-order valence-electron chi connectivity index (χ0n) is 12.5. The van der Waals surface area contributed by atoms with Gasteiger partial charge >= 0.3 is 0 Å². The first kappa shape index (κ1) is 14.2. The summed E-state index contributed by atoms with van der Waals surface area (Å²) in [6, 6.07) is 8.59. The summed E-state index contributed by atoms with van der Waals surface area (Å²) in [5.74, 6) is 1.59. The summed E-state index contributed by atoms with van der Waals surface area (Å²) in [5.41, 5.74) is 2.56. The molecule has 1 aromatic carbocycles. The predicted octanol–water partition coefficient (Wildman–Crippen LogP) is 1.89. The number of likely N-dealkylation sites (tertiary alicyclic amines) is 1. The number of aryl methyl sites for hydroxylation is 2. The van der Waals surface area contributed by atoms with Crippen LogP contribution in [0.4, 0.5) is 0 Å². The smallest absolute Gasteiger partial charge is 0.231 e. The van der Waals surface area contributed by atoms with E-state index < -0.39 is 0 Å². The van der Waals surface area contributed by atoms with Crippen molar-refractivity contribution in [2.24, 2.45) is 5.92 Å². The van der Waals surface area contributed by atoms with Crippen molar-refractivity contribution < 1.29 is 9.63 Å². The van der Waals surface area contributed by atoms with E-state index in [2.05, 4.69) is 46.2 Å². The molecule has 1 aliphatic heterocycles. The number of aromatic nitrogens is 2. The van der Waals surface area contributed by atoms with Crippen LogP contribution in [0.5, 0.6) is 0 Å². The van der Waals surface area contributed by atoms with Crippen molar-refractivity contribution in [3.63, 3.8) is 0 Å². The van der Waals surface area contributed by atoms with Crippen molar-refractivity contribution in [2.75, 3.05) is 19.7 Å². The Balaban J connectivity index is 1.70. The van der Waals surface area contributed by atoms with Crippen LogP contribution in [0.15, 0.2) is 28.8 Å². The van der Waals surface area contributed by atoms with E-state index in [1.54, 1.807) is 0 Å². The molecule has 1 aliphatic rings. The normalized spacial score (nSPS) is 22.8. The molecule has 5 nitrogen and oxygen atoms in total. The summed E-state index contributed by atoms with van der Waals surface area (Å²) in [7, 11) is 0. The molecule has 0 radical (unpaired) electrons. The Labute approximate surface area is 124 Å². The van der Waals surface area contributed by atoms with Crippen LogP contribution < -0.4 is 0 Å². The average Bonchev–Trinajstić information content (AvgIpc) is 3.07. The lowest BCUT2D eigenvalue weighted by Crippen LogP contribution is -2.20. The number of nitrogens with zero attached hydrogens (tertiary/aromatic N) is 3. The van der Waals surface area contributed by atoms with Gasteiger partial charge in [-0.05, 0) is 19.4 Å². The highest BCUT2D eigenvalue weighted by Gasteiger charge is 2.36.